The average Bonchev–Trinajstić information content (AvgIpc) is 2.18. The van der Waals surface area contributed by atoms with Crippen LogP contribution in [0.4, 0.5) is 0 Å². The van der Waals surface area contributed by atoms with E-state index in [1.54, 1.807) is 0 Å². The van der Waals surface area contributed by atoms with E-state index in [0.717, 1.165) is 5.06 Å². The molecule has 0 aromatic rings. The second kappa shape index (κ2) is 3.48. The van der Waals surface area contributed by atoms with E-state index in [9.17, 15) is 9.59 Å². The monoisotopic (exact) mass is 271 g/mol. The zero-order valence-electron chi connectivity index (χ0n) is 6.46. The molecule has 0 spiro atoms. The number of halogens is 1. The third-order valence-corrected chi connectivity index (χ3v) is 2.39. The number of hydrogen-bond acceptors (Lipinski definition) is 3. The van der Waals surface area contributed by atoms with Crippen LogP contribution in [0.5, 0.6) is 0 Å². The summed E-state index contributed by atoms with van der Waals surface area (Å²) in [4.78, 5) is 25.7. The molecule has 64 valence electrons. The third-order valence-electron chi connectivity index (χ3n) is 1.21. The van der Waals surface area contributed by atoms with Gasteiger partial charge in [-0.3, -0.25) is 0 Å². The number of rotatable bonds is 2. The Bertz CT molecular complexity index is 176. The van der Waals surface area contributed by atoms with Crippen LogP contribution in [0.25, 0.3) is 0 Å². The van der Waals surface area contributed by atoms with Gasteiger partial charge in [0.25, 0.3) is 0 Å². The molecule has 11 heavy (non-hydrogen) atoms. The van der Waals surface area contributed by atoms with Gasteiger partial charge in [-0.1, -0.05) is 0 Å². The first-order valence-electron chi connectivity index (χ1n) is 3.16. The number of carbonyl (C=O) groups excluding carboxylic acids is 2. The van der Waals surface area contributed by atoms with E-state index >= 15 is 0 Å². The van der Waals surface area contributed by atoms with Gasteiger partial charge in [-0.15, -0.1) is 0 Å². The predicted molar refractivity (Wildman–Crippen MR) is 48.0 cm³/mol. The Kier molecular flexibility index (Phi) is 2.83. The predicted octanol–water partition coefficient (Wildman–Crippen LogP) is 0.748. The molecule has 1 fully saturated rings. The van der Waals surface area contributed by atoms with E-state index in [-0.39, 0.29) is 11.8 Å². The molecule has 0 aliphatic carbocycles. The summed E-state index contributed by atoms with van der Waals surface area (Å²) < 4.78 is 5.13. The van der Waals surface area contributed by atoms with Gasteiger partial charge in [0.05, 0.1) is 0 Å². The summed E-state index contributed by atoms with van der Waals surface area (Å²) in [6.45, 7) is 0. The van der Waals surface area contributed by atoms with Crippen LogP contribution in [-0.4, -0.2) is 26.7 Å². The minimum atomic E-state index is -1.47. The molecular formula is C6H10INO3. The Labute approximate surface area is 72.8 Å². The van der Waals surface area contributed by atoms with Crippen LogP contribution in [0.1, 0.15) is 12.8 Å². The minimum absolute atomic E-state index is 0.194. The van der Waals surface area contributed by atoms with E-state index < -0.39 is 20.2 Å². The average molecular weight is 271 g/mol. The van der Waals surface area contributed by atoms with Crippen LogP contribution in [0.3, 0.4) is 0 Å². The number of hydrogen-bond donors (Lipinski definition) is 0. The van der Waals surface area contributed by atoms with E-state index in [1.165, 1.54) is 0 Å². The maximum absolute atomic E-state index is 10.9. The zero-order valence-corrected chi connectivity index (χ0v) is 8.62. The fraction of sp³-hybridized carbons (Fsp3) is 0.667. The molecule has 0 unspecified atom stereocenters. The molecule has 2 amide bonds. The molecule has 1 aliphatic heterocycles. The molecule has 1 rings (SSSR count). The van der Waals surface area contributed by atoms with Crippen molar-refractivity contribution >= 4 is 32.0 Å². The van der Waals surface area contributed by atoms with Gasteiger partial charge >= 0.3 is 72.6 Å². The standard InChI is InChI=1S/C6H10INO3/c1-7(2)11-8-5(9)3-4-6(8)10/h3-4H2,1-2H3. The molecule has 1 saturated heterocycles. The Morgan fingerprint density at radius 2 is 1.73 bits per heavy atom. The Balaban J connectivity index is 2.55. The fourth-order valence-corrected chi connectivity index (χ4v) is 2.00. The van der Waals surface area contributed by atoms with Gasteiger partial charge in [0.1, 0.15) is 0 Å². The zero-order chi connectivity index (χ0) is 8.43. The van der Waals surface area contributed by atoms with Gasteiger partial charge < -0.3 is 0 Å². The molecule has 1 heterocycles. The number of hydroxylamine groups is 2. The first kappa shape index (κ1) is 8.92. The number of nitrogens with zero attached hydrogens (tertiary/aromatic N) is 1. The van der Waals surface area contributed by atoms with Crippen LogP contribution < -0.4 is 0 Å². The van der Waals surface area contributed by atoms with Crippen molar-refractivity contribution in [2.24, 2.45) is 0 Å². The number of alkyl halides is 2. The van der Waals surface area contributed by atoms with Gasteiger partial charge in [0.2, 0.25) is 0 Å². The summed E-state index contributed by atoms with van der Waals surface area (Å²) in [5.74, 6) is -0.387. The first-order valence-corrected chi connectivity index (χ1v) is 8.35. The molecule has 0 atom stereocenters. The molecule has 0 aromatic heterocycles. The second-order valence-corrected chi connectivity index (χ2v) is 6.65. The molecule has 0 radical (unpaired) electrons. The molecule has 0 aromatic carbocycles. The molecule has 5 heteroatoms. The molecule has 4 nitrogen and oxygen atoms in total. The summed E-state index contributed by atoms with van der Waals surface area (Å²) in [6.07, 6.45) is 0.617. The van der Waals surface area contributed by atoms with Crippen LogP contribution in [0.2, 0.25) is 0 Å². The van der Waals surface area contributed by atoms with Crippen molar-refractivity contribution in [2.75, 3.05) is 9.86 Å². The summed E-state index contributed by atoms with van der Waals surface area (Å²) in [5.41, 5.74) is 0. The molecule has 0 bridgehead atoms. The second-order valence-electron chi connectivity index (χ2n) is 2.34. The Morgan fingerprint density at radius 3 is 2.09 bits per heavy atom. The fourth-order valence-electron chi connectivity index (χ4n) is 0.771. The quantitative estimate of drug-likeness (QED) is 0.423. The molecular weight excluding hydrogens is 261 g/mol. The summed E-state index contributed by atoms with van der Waals surface area (Å²) in [6, 6.07) is 0. The van der Waals surface area contributed by atoms with Gasteiger partial charge in [-0.25, -0.2) is 0 Å². The third kappa shape index (κ3) is 2.13. The van der Waals surface area contributed by atoms with Gasteiger partial charge in [0.15, 0.2) is 0 Å². The van der Waals surface area contributed by atoms with Gasteiger partial charge in [-0.2, -0.15) is 0 Å². The van der Waals surface area contributed by atoms with Crippen LogP contribution in [-0.2, 0) is 12.8 Å². The van der Waals surface area contributed by atoms with Crippen LogP contribution in [0.15, 0.2) is 0 Å². The van der Waals surface area contributed by atoms with Crippen molar-refractivity contribution in [1.82, 2.24) is 5.06 Å². The van der Waals surface area contributed by atoms with E-state index in [0.29, 0.717) is 12.8 Å². The normalized spacial score (nSPS) is 19.5. The molecule has 0 N–H and O–H groups in total. The van der Waals surface area contributed by atoms with Crippen LogP contribution >= 0.6 is 20.2 Å². The molecule has 1 aliphatic rings. The van der Waals surface area contributed by atoms with Gasteiger partial charge in [-0.05, 0) is 0 Å². The topological polar surface area (TPSA) is 46.6 Å². The van der Waals surface area contributed by atoms with E-state index in [1.807, 2.05) is 9.86 Å². The van der Waals surface area contributed by atoms with Crippen molar-refractivity contribution in [3.63, 3.8) is 0 Å². The Morgan fingerprint density at radius 1 is 1.27 bits per heavy atom. The summed E-state index contributed by atoms with van der Waals surface area (Å²) >= 11 is -1.47. The van der Waals surface area contributed by atoms with Gasteiger partial charge in [0, 0.05) is 0 Å². The SMILES string of the molecule is CI(C)ON1C(=O)CCC1=O. The first-order chi connectivity index (χ1) is 5.11. The maximum atomic E-state index is 10.9. The van der Waals surface area contributed by atoms with Crippen molar-refractivity contribution in [3.8, 4) is 0 Å². The van der Waals surface area contributed by atoms with Crippen molar-refractivity contribution < 1.29 is 12.8 Å². The van der Waals surface area contributed by atoms with Crippen LogP contribution in [0, 0.1) is 0 Å². The van der Waals surface area contributed by atoms with Crippen molar-refractivity contribution in [2.45, 2.75) is 12.8 Å². The number of amides is 2. The number of imide groups is 1. The summed E-state index contributed by atoms with van der Waals surface area (Å²) in [7, 11) is 0. The molecule has 0 saturated carbocycles. The Hall–Kier alpha value is -0.170. The van der Waals surface area contributed by atoms with Crippen molar-refractivity contribution in [3.05, 3.63) is 0 Å². The van der Waals surface area contributed by atoms with Crippen molar-refractivity contribution in [1.29, 1.82) is 0 Å². The van der Waals surface area contributed by atoms with E-state index in [2.05, 4.69) is 0 Å². The number of carbonyl (C=O) groups is 2. The summed E-state index contributed by atoms with van der Waals surface area (Å²) in [5, 5.41) is 0.935. The van der Waals surface area contributed by atoms with E-state index in [4.69, 9.17) is 3.17 Å².